The van der Waals surface area contributed by atoms with Gasteiger partial charge in [-0.15, -0.1) is 0 Å². The van der Waals surface area contributed by atoms with Crippen LogP contribution in [0.1, 0.15) is 24.2 Å². The summed E-state index contributed by atoms with van der Waals surface area (Å²) in [6, 6.07) is 10.4. The van der Waals surface area contributed by atoms with Crippen LogP contribution in [0.5, 0.6) is 0 Å². The molecular weight excluding hydrogens is 481 g/mol. The Bertz CT molecular complexity index is 1310. The molecular formula is C21H22FN7O5S. The number of hydrogen-bond donors (Lipinski definition) is 3. The van der Waals surface area contributed by atoms with Crippen molar-refractivity contribution in [1.29, 1.82) is 0 Å². The number of rotatable bonds is 10. The molecule has 0 spiro atoms. The number of anilines is 3. The molecule has 0 atom stereocenters. The Kier molecular flexibility index (Phi) is 7.88. The maximum absolute atomic E-state index is 13.0. The third kappa shape index (κ3) is 5.85. The Morgan fingerprint density at radius 3 is 2.20 bits per heavy atom. The van der Waals surface area contributed by atoms with Gasteiger partial charge in [-0.2, -0.15) is 4.31 Å². The van der Waals surface area contributed by atoms with E-state index in [4.69, 9.17) is 0 Å². The van der Waals surface area contributed by atoms with Crippen LogP contribution < -0.4 is 16.2 Å². The molecule has 0 saturated carbocycles. The Morgan fingerprint density at radius 2 is 1.63 bits per heavy atom. The first kappa shape index (κ1) is 25.5. The first-order valence-electron chi connectivity index (χ1n) is 10.4. The van der Waals surface area contributed by atoms with E-state index in [-0.39, 0.29) is 22.1 Å². The van der Waals surface area contributed by atoms with E-state index in [9.17, 15) is 27.7 Å². The summed E-state index contributed by atoms with van der Waals surface area (Å²) in [7, 11) is -3.66. The molecule has 0 aliphatic rings. The minimum Gasteiger partial charge on any atom is -0.334 e. The van der Waals surface area contributed by atoms with Crippen LogP contribution >= 0.6 is 0 Å². The van der Waals surface area contributed by atoms with E-state index in [1.807, 2.05) is 0 Å². The Morgan fingerprint density at radius 1 is 1.03 bits per heavy atom. The lowest BCUT2D eigenvalue weighted by Crippen LogP contribution is -2.30. The monoisotopic (exact) mass is 503 g/mol. The average molecular weight is 504 g/mol. The minimum atomic E-state index is -3.66. The van der Waals surface area contributed by atoms with E-state index in [1.54, 1.807) is 13.8 Å². The molecule has 0 aliphatic carbocycles. The third-order valence-corrected chi connectivity index (χ3v) is 6.93. The number of aromatic nitrogens is 2. The van der Waals surface area contributed by atoms with Crippen molar-refractivity contribution in [2.75, 3.05) is 23.8 Å². The number of nitrogens with zero attached hydrogens (tertiary/aromatic N) is 4. The fourth-order valence-corrected chi connectivity index (χ4v) is 4.54. The summed E-state index contributed by atoms with van der Waals surface area (Å²) in [5.41, 5.74) is 4.53. The first-order chi connectivity index (χ1) is 16.7. The van der Waals surface area contributed by atoms with Gasteiger partial charge in [0.05, 0.1) is 9.82 Å². The van der Waals surface area contributed by atoms with Gasteiger partial charge in [0.25, 0.3) is 5.91 Å². The second kappa shape index (κ2) is 10.8. The predicted molar refractivity (Wildman–Crippen MR) is 126 cm³/mol. The van der Waals surface area contributed by atoms with Crippen molar-refractivity contribution in [3.8, 4) is 0 Å². The van der Waals surface area contributed by atoms with Gasteiger partial charge in [0.2, 0.25) is 21.7 Å². The highest BCUT2D eigenvalue weighted by Crippen LogP contribution is 2.31. The van der Waals surface area contributed by atoms with Crippen LogP contribution in [0.15, 0.2) is 59.8 Å². The van der Waals surface area contributed by atoms with E-state index < -0.39 is 32.4 Å². The second-order valence-electron chi connectivity index (χ2n) is 7.00. The van der Waals surface area contributed by atoms with Crippen LogP contribution in [0.2, 0.25) is 0 Å². The van der Waals surface area contributed by atoms with Gasteiger partial charge in [-0.1, -0.05) is 13.8 Å². The molecule has 0 fully saturated rings. The zero-order valence-corrected chi connectivity index (χ0v) is 19.5. The maximum atomic E-state index is 13.0. The molecule has 1 heterocycles. The lowest BCUT2D eigenvalue weighted by atomic mass is 10.2. The number of benzene rings is 2. The summed E-state index contributed by atoms with van der Waals surface area (Å²) in [6.07, 6.45) is 1.04. The molecule has 3 rings (SSSR count). The Balaban J connectivity index is 1.80. The summed E-state index contributed by atoms with van der Waals surface area (Å²) in [6.45, 7) is 4.11. The molecule has 0 aliphatic heterocycles. The van der Waals surface area contributed by atoms with Crippen LogP contribution in [-0.4, -0.2) is 46.6 Å². The molecule has 12 nitrogen and oxygen atoms in total. The normalized spacial score (nSPS) is 11.2. The highest BCUT2D eigenvalue weighted by atomic mass is 32.2. The number of sulfonamides is 1. The lowest BCUT2D eigenvalue weighted by molar-refractivity contribution is -0.383. The van der Waals surface area contributed by atoms with E-state index in [0.29, 0.717) is 18.8 Å². The molecule has 35 heavy (non-hydrogen) atoms. The third-order valence-electron chi connectivity index (χ3n) is 4.87. The standard InChI is InChI=1S/C21H22FN7O5S/c1-3-28(4-2)35(33,34)17-11-9-16(10-12-17)25-19-18(29(31)32)20(24-13-23-19)26-27-21(30)14-5-7-15(22)8-6-14/h5-13H,3-4H2,1-2H3,(H,27,30)(H2,23,24,25,26). The summed E-state index contributed by atoms with van der Waals surface area (Å²) in [4.78, 5) is 31.0. The van der Waals surface area contributed by atoms with Crippen LogP contribution in [0.4, 0.5) is 27.4 Å². The number of nitro groups is 1. The molecule has 0 radical (unpaired) electrons. The molecule has 3 aromatic rings. The van der Waals surface area contributed by atoms with Gasteiger partial charge >= 0.3 is 5.69 Å². The summed E-state index contributed by atoms with van der Waals surface area (Å²) in [5.74, 6) is -1.68. The molecule has 1 amide bonds. The van der Waals surface area contributed by atoms with Gasteiger partial charge in [0.1, 0.15) is 12.1 Å². The second-order valence-corrected chi connectivity index (χ2v) is 8.94. The van der Waals surface area contributed by atoms with Crippen molar-refractivity contribution >= 4 is 38.9 Å². The van der Waals surface area contributed by atoms with Crippen molar-refractivity contribution in [3.63, 3.8) is 0 Å². The average Bonchev–Trinajstić information content (AvgIpc) is 2.83. The van der Waals surface area contributed by atoms with Crippen molar-refractivity contribution < 1.29 is 22.5 Å². The summed E-state index contributed by atoms with van der Waals surface area (Å²) >= 11 is 0. The molecule has 184 valence electrons. The van der Waals surface area contributed by atoms with Crippen LogP contribution in [0.3, 0.4) is 0 Å². The number of hydrogen-bond acceptors (Lipinski definition) is 9. The number of hydrazine groups is 1. The van der Waals surface area contributed by atoms with Crippen molar-refractivity contribution in [2.24, 2.45) is 0 Å². The smallest absolute Gasteiger partial charge is 0.334 e. The molecule has 2 aromatic carbocycles. The highest BCUT2D eigenvalue weighted by molar-refractivity contribution is 7.89. The fourth-order valence-electron chi connectivity index (χ4n) is 3.08. The van der Waals surface area contributed by atoms with Gasteiger partial charge in [-0.05, 0) is 48.5 Å². The lowest BCUT2D eigenvalue weighted by Gasteiger charge is -2.18. The Hall–Kier alpha value is -4.17. The van der Waals surface area contributed by atoms with Crippen LogP contribution in [0, 0.1) is 15.9 Å². The number of carbonyl (C=O) groups is 1. The first-order valence-corrected chi connectivity index (χ1v) is 11.8. The fraction of sp³-hybridized carbons (Fsp3) is 0.190. The molecule has 1 aromatic heterocycles. The summed E-state index contributed by atoms with van der Waals surface area (Å²) in [5, 5.41) is 14.5. The van der Waals surface area contributed by atoms with E-state index in [2.05, 4.69) is 26.1 Å². The number of nitrogens with one attached hydrogen (secondary N) is 3. The topological polar surface area (TPSA) is 159 Å². The van der Waals surface area contributed by atoms with Crippen molar-refractivity contribution in [3.05, 3.63) is 76.4 Å². The van der Waals surface area contributed by atoms with Gasteiger partial charge < -0.3 is 5.32 Å². The predicted octanol–water partition coefficient (Wildman–Crippen LogP) is 3.05. The van der Waals surface area contributed by atoms with E-state index in [1.165, 1.54) is 40.7 Å². The van der Waals surface area contributed by atoms with Crippen molar-refractivity contribution in [2.45, 2.75) is 18.7 Å². The zero-order chi connectivity index (χ0) is 25.6. The number of carbonyl (C=O) groups excluding carboxylic acids is 1. The van der Waals surface area contributed by atoms with Crippen molar-refractivity contribution in [1.82, 2.24) is 19.7 Å². The highest BCUT2D eigenvalue weighted by Gasteiger charge is 2.25. The molecule has 0 saturated heterocycles. The van der Waals surface area contributed by atoms with E-state index >= 15 is 0 Å². The van der Waals surface area contributed by atoms with Gasteiger partial charge in [0.15, 0.2) is 0 Å². The molecule has 14 heteroatoms. The quantitative estimate of drug-likeness (QED) is 0.279. The van der Waals surface area contributed by atoms with Crippen LogP contribution in [0.25, 0.3) is 0 Å². The Labute approximate surface area is 200 Å². The van der Waals surface area contributed by atoms with Gasteiger partial charge in [0, 0.05) is 24.3 Å². The minimum absolute atomic E-state index is 0.0785. The largest absolute Gasteiger partial charge is 0.355 e. The molecule has 3 N–H and O–H groups in total. The van der Waals surface area contributed by atoms with Gasteiger partial charge in [-0.3, -0.25) is 25.8 Å². The number of halogens is 1. The van der Waals surface area contributed by atoms with Gasteiger partial charge in [-0.25, -0.2) is 22.8 Å². The summed E-state index contributed by atoms with van der Waals surface area (Å²) < 4.78 is 39.6. The van der Waals surface area contributed by atoms with E-state index in [0.717, 1.165) is 18.5 Å². The SMILES string of the molecule is CCN(CC)S(=O)(=O)c1ccc(Nc2ncnc(NNC(=O)c3ccc(F)cc3)c2[N+](=O)[O-])cc1. The maximum Gasteiger partial charge on any atom is 0.355 e. The van der Waals surface area contributed by atoms with Crippen LogP contribution in [-0.2, 0) is 10.0 Å². The molecule has 0 unspecified atom stereocenters. The number of amides is 1. The zero-order valence-electron chi connectivity index (χ0n) is 18.7. The molecule has 0 bridgehead atoms.